The molecule has 3 saturated heterocycles. The van der Waals surface area contributed by atoms with Gasteiger partial charge in [0.2, 0.25) is 11.8 Å². The number of hydrogen-bond donors (Lipinski definition) is 10. The van der Waals surface area contributed by atoms with E-state index in [2.05, 4.69) is 59.5 Å². The Bertz CT molecular complexity index is 3300. The third kappa shape index (κ3) is 19.6. The van der Waals surface area contributed by atoms with Gasteiger partial charge in [-0.2, -0.15) is 0 Å². The van der Waals surface area contributed by atoms with E-state index >= 15 is 0 Å². The third-order valence-electron chi connectivity index (χ3n) is 15.6. The molecule has 3 fully saturated rings. The molecule has 0 spiro atoms. The van der Waals surface area contributed by atoms with Crippen molar-refractivity contribution < 1.29 is 59.0 Å². The summed E-state index contributed by atoms with van der Waals surface area (Å²) in [7, 11) is 0. The molecule has 5 amide bonds. The first-order chi connectivity index (χ1) is 41.9. The highest BCUT2D eigenvalue weighted by molar-refractivity contribution is 8.01. The van der Waals surface area contributed by atoms with Crippen LogP contribution in [0, 0.1) is 27.7 Å². The summed E-state index contributed by atoms with van der Waals surface area (Å²) in [6, 6.07) is 40.4. The molecule has 0 aromatic heterocycles. The quantitative estimate of drug-likeness (QED) is 0.0390. The highest BCUT2D eigenvalue weighted by Crippen LogP contribution is 2.40. The van der Waals surface area contributed by atoms with Gasteiger partial charge in [0.25, 0.3) is 17.7 Å². The van der Waals surface area contributed by atoms with Gasteiger partial charge in [0.05, 0.1) is 18.0 Å². The second kappa shape index (κ2) is 33.0. The Morgan fingerprint density at radius 1 is 0.580 bits per heavy atom. The van der Waals surface area contributed by atoms with Crippen molar-refractivity contribution in [3.05, 3.63) is 201 Å². The van der Waals surface area contributed by atoms with Gasteiger partial charge in [0, 0.05) is 63.9 Å². The number of phenols is 2. The van der Waals surface area contributed by atoms with E-state index in [4.69, 9.17) is 9.84 Å². The fraction of sp³-hybridized carbons (Fsp3) is 0.382. The lowest BCUT2D eigenvalue weighted by molar-refractivity contribution is -0.148. The van der Waals surface area contributed by atoms with Crippen LogP contribution in [-0.4, -0.2) is 137 Å². The normalized spacial score (nSPS) is 17.5. The lowest BCUT2D eigenvalue weighted by atomic mass is 9.96. The Morgan fingerprint density at radius 3 is 1.44 bits per heavy atom. The molecule has 0 radical (unpaired) electrons. The molecule has 6 aromatic carbocycles. The maximum Gasteiger partial charge on any atom is 0.334 e. The van der Waals surface area contributed by atoms with Gasteiger partial charge in [0.15, 0.2) is 12.2 Å². The average Bonchev–Trinajstić information content (AvgIpc) is 2.08. The number of nitrogens with one attached hydrogen (secondary N) is 5. The van der Waals surface area contributed by atoms with E-state index in [0.717, 1.165) is 41.3 Å². The molecule has 88 heavy (non-hydrogen) atoms. The van der Waals surface area contributed by atoms with Crippen molar-refractivity contribution in [1.29, 1.82) is 0 Å². The molecule has 3 aliphatic heterocycles. The molecule has 4 unspecified atom stereocenters. The number of hydrogen-bond acceptors (Lipinski definition) is 14. The van der Waals surface area contributed by atoms with Crippen LogP contribution in [0.5, 0.6) is 11.5 Å². The van der Waals surface area contributed by atoms with Crippen LogP contribution in [0.4, 0.5) is 0 Å². The van der Waals surface area contributed by atoms with E-state index in [0.29, 0.717) is 24.2 Å². The molecule has 20 heteroatoms. The molecule has 10 N–H and O–H groups in total. The van der Waals surface area contributed by atoms with Crippen LogP contribution in [0.15, 0.2) is 146 Å². The minimum atomic E-state index is -1.74. The smallest absolute Gasteiger partial charge is 0.334 e. The van der Waals surface area contributed by atoms with Crippen molar-refractivity contribution in [3.63, 3.8) is 0 Å². The molecule has 3 aliphatic rings. The molecular formula is C68H84N6O12S2. The first kappa shape index (κ1) is 69.4. The standard InChI is InChI=1S/C32H37N3O5S.C18H19NO5.C14H20N2OS.C4H8O/c1-20-11-8-9-14-23(20)18-33-30(39)28-32(3,4)41-19-35(28)31(40)27(37)25(17-22-12-6-5-7-13-22)34-29(38)24-15-10-16-26(36)21(24)2;1-11-13(8-5-9-15(11)20)17(22)19-14(16(21)18(23)24)10-12-6-3-2-4-7-12;1-10-6-4-5-7-11(10)8-15-13(17)12-14(2,3)18-9-16-12;1-2-4-5-3-1/h5-16,25,27-28,36-37H,17-19H2,1-4H3,(H,33,39)(H,34,38);2-9,14,16,20-21H,10H2,1H3,(H,19,22)(H,23,24);4-7,12,16H,8-9H2,1-3H3,(H,15,17);1-4H2/t25?,27-,28?;14?,16-;;/m00../s1. The molecule has 9 rings (SSSR count). The first-order valence-electron chi connectivity index (χ1n) is 29.3. The summed E-state index contributed by atoms with van der Waals surface area (Å²) in [5.74, 6) is -2.31. The highest BCUT2D eigenvalue weighted by Gasteiger charge is 2.50. The van der Waals surface area contributed by atoms with E-state index < -0.39 is 58.8 Å². The maximum atomic E-state index is 13.8. The van der Waals surface area contributed by atoms with Crippen LogP contribution < -0.4 is 26.6 Å². The minimum Gasteiger partial charge on any atom is -0.508 e. The Labute approximate surface area is 524 Å². The zero-order chi connectivity index (χ0) is 64.1. The number of carboxylic acids is 1. The molecule has 18 nitrogen and oxygen atoms in total. The monoisotopic (exact) mass is 1240 g/mol. The molecule has 0 saturated carbocycles. The van der Waals surface area contributed by atoms with Gasteiger partial charge in [0.1, 0.15) is 23.6 Å². The summed E-state index contributed by atoms with van der Waals surface area (Å²) >= 11 is 3.25. The van der Waals surface area contributed by atoms with E-state index in [9.17, 15) is 49.2 Å². The number of aliphatic hydroxyl groups excluding tert-OH is 2. The lowest BCUT2D eigenvalue weighted by Crippen LogP contribution is -2.58. The summed E-state index contributed by atoms with van der Waals surface area (Å²) in [6.45, 7) is 18.2. The number of thioether (sulfide) groups is 2. The number of aliphatic hydroxyl groups is 2. The van der Waals surface area contributed by atoms with E-state index in [-0.39, 0.29) is 63.9 Å². The molecule has 0 aliphatic carbocycles. The van der Waals surface area contributed by atoms with Crippen molar-refractivity contribution in [2.45, 2.75) is 140 Å². The Morgan fingerprint density at radius 2 is 1.02 bits per heavy atom. The summed E-state index contributed by atoms with van der Waals surface area (Å²) in [5, 5.41) is 64.8. The topological polar surface area (TPSA) is 276 Å². The lowest BCUT2D eigenvalue weighted by Gasteiger charge is -2.33. The zero-order valence-corrected chi connectivity index (χ0v) is 52.9. The van der Waals surface area contributed by atoms with E-state index in [1.165, 1.54) is 64.9 Å². The van der Waals surface area contributed by atoms with E-state index in [1.807, 2.05) is 93.6 Å². The maximum absolute atomic E-state index is 13.8. The fourth-order valence-electron chi connectivity index (χ4n) is 10.1. The number of nitrogens with zero attached hydrogens (tertiary/aromatic N) is 1. The second-order valence-electron chi connectivity index (χ2n) is 22.9. The van der Waals surface area contributed by atoms with E-state index in [1.54, 1.807) is 62.0 Å². The van der Waals surface area contributed by atoms with Gasteiger partial charge in [-0.05, 0) is 139 Å². The van der Waals surface area contributed by atoms with Crippen molar-refractivity contribution in [3.8, 4) is 11.5 Å². The van der Waals surface area contributed by atoms with Gasteiger partial charge in [-0.1, -0.05) is 121 Å². The third-order valence-corrected chi connectivity index (χ3v) is 18.3. The second-order valence-corrected chi connectivity index (χ2v) is 26.1. The molecular weight excluding hydrogens is 1160 g/mol. The van der Waals surface area contributed by atoms with Crippen LogP contribution in [0.3, 0.4) is 0 Å². The van der Waals surface area contributed by atoms with Crippen LogP contribution in [0.2, 0.25) is 0 Å². The number of ether oxygens (including phenoxy) is 1. The van der Waals surface area contributed by atoms with Crippen molar-refractivity contribution >= 4 is 59.0 Å². The first-order valence-corrected chi connectivity index (χ1v) is 31.3. The van der Waals surface area contributed by atoms with Crippen LogP contribution in [0.25, 0.3) is 0 Å². The fourth-order valence-corrected chi connectivity index (χ4v) is 12.2. The predicted molar refractivity (Wildman–Crippen MR) is 345 cm³/mol. The number of carbonyl (C=O) groups excluding carboxylic acids is 5. The summed E-state index contributed by atoms with van der Waals surface area (Å²) in [4.78, 5) is 77.7. The van der Waals surface area contributed by atoms with Gasteiger partial charge < -0.3 is 56.4 Å². The number of amides is 5. The molecule has 6 atom stereocenters. The average molecular weight is 1240 g/mol. The highest BCUT2D eigenvalue weighted by atomic mass is 32.2. The Hall–Kier alpha value is -7.72. The zero-order valence-electron chi connectivity index (χ0n) is 51.2. The Kier molecular flexibility index (Phi) is 26.0. The number of phenolic OH excluding ortho intramolecular Hbond substituents is 2. The van der Waals surface area contributed by atoms with Crippen LogP contribution in [-0.2, 0) is 49.8 Å². The number of aliphatic carboxylic acids is 1. The summed E-state index contributed by atoms with van der Waals surface area (Å²) in [6.07, 6.45) is -0.450. The predicted octanol–water partition coefficient (Wildman–Crippen LogP) is 8.04. The van der Waals surface area contributed by atoms with Crippen LogP contribution >= 0.6 is 23.5 Å². The van der Waals surface area contributed by atoms with Gasteiger partial charge in [-0.15, -0.1) is 23.5 Å². The van der Waals surface area contributed by atoms with Gasteiger partial charge in [-0.25, -0.2) is 4.79 Å². The summed E-state index contributed by atoms with van der Waals surface area (Å²) in [5.41, 5.74) is 7.29. The van der Waals surface area contributed by atoms with Crippen molar-refractivity contribution in [2.75, 3.05) is 25.0 Å². The van der Waals surface area contributed by atoms with Crippen molar-refractivity contribution in [1.82, 2.24) is 31.5 Å². The SMILES string of the molecule is C1CCOC1.Cc1c(O)cccc1C(=O)NC(Cc1ccccc1)[C@H](O)C(=O)O.Cc1ccccc1CNC(=O)C1N(C(=O)[C@@H](O)C(Cc2ccccc2)NC(=O)c2cccc(O)c2C)CSC1(C)C.Cc1ccccc1CNC(=O)C1NCSC1(C)C. The van der Waals surface area contributed by atoms with Crippen LogP contribution in [0.1, 0.15) is 106 Å². The summed E-state index contributed by atoms with van der Waals surface area (Å²) < 4.78 is 4.32. The molecule has 3 heterocycles. The number of benzene rings is 6. The minimum absolute atomic E-state index is 0.0234. The molecule has 0 bridgehead atoms. The number of aryl methyl sites for hydroxylation is 2. The number of rotatable bonds is 18. The number of aromatic hydroxyl groups is 2. The van der Waals surface area contributed by atoms with Gasteiger partial charge in [-0.3, -0.25) is 29.3 Å². The van der Waals surface area contributed by atoms with Gasteiger partial charge >= 0.3 is 5.97 Å². The molecule has 470 valence electrons. The number of carbonyl (C=O) groups is 6. The van der Waals surface area contributed by atoms with Crippen molar-refractivity contribution in [2.24, 2.45) is 0 Å². The largest absolute Gasteiger partial charge is 0.508 e. The molecule has 6 aromatic rings. The number of carboxylic acid groups (broad SMARTS) is 1. The Balaban J connectivity index is 0.000000220.